The highest BCUT2D eigenvalue weighted by molar-refractivity contribution is 7.14. The van der Waals surface area contributed by atoms with Gasteiger partial charge in [0.2, 0.25) is 4.96 Å². The van der Waals surface area contributed by atoms with Crippen molar-refractivity contribution >= 4 is 22.3 Å². The van der Waals surface area contributed by atoms with Crippen molar-refractivity contribution in [2.45, 2.75) is 26.2 Å². The zero-order valence-corrected chi connectivity index (χ0v) is 9.50. The number of aromatic carboxylic acids is 1. The lowest BCUT2D eigenvalue weighted by molar-refractivity contribution is 0.0685. The number of carboxylic acid groups (broad SMARTS) is 1. The predicted molar refractivity (Wildman–Crippen MR) is 56.5 cm³/mol. The van der Waals surface area contributed by atoms with E-state index >= 15 is 0 Å². The number of nitrogens with zero attached hydrogens (tertiary/aromatic N) is 3. The molecule has 0 saturated heterocycles. The van der Waals surface area contributed by atoms with E-state index in [2.05, 4.69) is 10.1 Å². The van der Waals surface area contributed by atoms with Crippen molar-refractivity contribution in [2.75, 3.05) is 0 Å². The van der Waals surface area contributed by atoms with Crippen LogP contribution in [0.3, 0.4) is 0 Å². The zero-order chi connectivity index (χ0) is 11.2. The molecule has 2 rings (SSSR count). The number of carbonyl (C=O) groups is 1. The molecule has 0 radical (unpaired) electrons. The minimum Gasteiger partial charge on any atom is -0.476 e. The van der Waals surface area contributed by atoms with Gasteiger partial charge < -0.3 is 5.11 Å². The molecule has 0 bridgehead atoms. The molecule has 0 aromatic carbocycles. The van der Waals surface area contributed by atoms with Crippen LogP contribution in [0, 0.1) is 0 Å². The first-order valence-electron chi connectivity index (χ1n) is 4.47. The summed E-state index contributed by atoms with van der Waals surface area (Å²) in [6.45, 7) is 5.81. The van der Waals surface area contributed by atoms with Gasteiger partial charge in [-0.1, -0.05) is 32.1 Å². The number of imidazole rings is 1. The van der Waals surface area contributed by atoms with Crippen LogP contribution in [0.2, 0.25) is 0 Å². The summed E-state index contributed by atoms with van der Waals surface area (Å²) >= 11 is 1.33. The summed E-state index contributed by atoms with van der Waals surface area (Å²) in [4.78, 5) is 16.1. The molecule has 0 saturated carbocycles. The summed E-state index contributed by atoms with van der Waals surface area (Å²) in [5.74, 6) is -0.988. The lowest BCUT2D eigenvalue weighted by atomic mass is 9.91. The van der Waals surface area contributed by atoms with Crippen molar-refractivity contribution in [3.05, 3.63) is 16.9 Å². The Bertz CT molecular complexity index is 521. The summed E-state index contributed by atoms with van der Waals surface area (Å²) in [7, 11) is 0. The highest BCUT2D eigenvalue weighted by Crippen LogP contribution is 2.27. The van der Waals surface area contributed by atoms with Crippen molar-refractivity contribution in [2.24, 2.45) is 0 Å². The maximum atomic E-state index is 11.1. The highest BCUT2D eigenvalue weighted by atomic mass is 32.1. The molecule has 0 fully saturated rings. The third-order valence-corrected chi connectivity index (χ3v) is 2.73. The number of fused-ring (bicyclic) bond motifs is 1. The van der Waals surface area contributed by atoms with E-state index in [1.165, 1.54) is 15.9 Å². The van der Waals surface area contributed by atoms with Gasteiger partial charge in [-0.2, -0.15) is 9.61 Å². The normalized spacial score (nSPS) is 12.2. The number of rotatable bonds is 1. The molecule has 2 heterocycles. The van der Waals surface area contributed by atoms with Crippen molar-refractivity contribution < 1.29 is 9.90 Å². The molecule has 2 aromatic heterocycles. The van der Waals surface area contributed by atoms with Gasteiger partial charge in [-0.15, -0.1) is 0 Å². The fraction of sp³-hybridized carbons (Fsp3) is 0.444. The Balaban J connectivity index is 2.79. The third kappa shape index (κ3) is 1.50. The van der Waals surface area contributed by atoms with Crippen LogP contribution in [0.4, 0.5) is 0 Å². The Labute approximate surface area is 90.4 Å². The molecule has 0 amide bonds. The average molecular weight is 225 g/mol. The van der Waals surface area contributed by atoms with Gasteiger partial charge in [0.15, 0.2) is 5.69 Å². The summed E-state index contributed by atoms with van der Waals surface area (Å²) in [6, 6.07) is 0. The van der Waals surface area contributed by atoms with Crippen LogP contribution < -0.4 is 0 Å². The third-order valence-electron chi connectivity index (χ3n) is 2.06. The minimum absolute atomic E-state index is 0.166. The SMILES string of the molecule is CC(C)(C)c1nc2scnn2c1C(=O)O. The minimum atomic E-state index is -0.988. The van der Waals surface area contributed by atoms with E-state index in [0.29, 0.717) is 10.7 Å². The molecular formula is C9H11N3O2S. The first-order valence-corrected chi connectivity index (χ1v) is 5.35. The lowest BCUT2D eigenvalue weighted by Gasteiger charge is -2.15. The van der Waals surface area contributed by atoms with Gasteiger partial charge >= 0.3 is 5.97 Å². The van der Waals surface area contributed by atoms with Crippen molar-refractivity contribution in [1.29, 1.82) is 0 Å². The fourth-order valence-corrected chi connectivity index (χ4v) is 2.03. The molecule has 5 nitrogen and oxygen atoms in total. The van der Waals surface area contributed by atoms with Gasteiger partial charge in [0, 0.05) is 5.41 Å². The van der Waals surface area contributed by atoms with E-state index in [1.807, 2.05) is 20.8 Å². The molecule has 1 N–H and O–H groups in total. The number of aromatic nitrogens is 3. The van der Waals surface area contributed by atoms with Crippen LogP contribution in [0.1, 0.15) is 37.0 Å². The standard InChI is InChI=1S/C9H11N3O2S/c1-9(2,3)6-5(7(13)14)12-8(11-6)15-4-10-12/h4H,1-3H3,(H,13,14). The largest absolute Gasteiger partial charge is 0.476 e. The van der Waals surface area contributed by atoms with E-state index in [-0.39, 0.29) is 11.1 Å². The molecule has 0 unspecified atom stereocenters. The Kier molecular flexibility index (Phi) is 2.04. The number of carboxylic acids is 1. The summed E-state index contributed by atoms with van der Waals surface area (Å²) in [5, 5.41) is 13.1. The Morgan fingerprint density at radius 1 is 1.53 bits per heavy atom. The van der Waals surface area contributed by atoms with E-state index in [9.17, 15) is 4.79 Å². The van der Waals surface area contributed by atoms with Crippen LogP contribution in [0.25, 0.3) is 4.96 Å². The first-order chi connectivity index (χ1) is 6.91. The Hall–Kier alpha value is -1.43. The lowest BCUT2D eigenvalue weighted by Crippen LogP contribution is -2.18. The van der Waals surface area contributed by atoms with Gasteiger partial charge in [0.25, 0.3) is 0 Å². The topological polar surface area (TPSA) is 67.5 Å². The smallest absolute Gasteiger partial charge is 0.356 e. The Morgan fingerprint density at radius 3 is 2.73 bits per heavy atom. The zero-order valence-electron chi connectivity index (χ0n) is 8.68. The maximum absolute atomic E-state index is 11.1. The first kappa shape index (κ1) is 10.1. The molecule has 2 aromatic rings. The molecule has 0 atom stereocenters. The van der Waals surface area contributed by atoms with Gasteiger partial charge in [-0.3, -0.25) is 0 Å². The van der Waals surface area contributed by atoms with Crippen LogP contribution in [-0.4, -0.2) is 25.7 Å². The quantitative estimate of drug-likeness (QED) is 0.803. The molecule has 0 aliphatic heterocycles. The second kappa shape index (κ2) is 3.03. The van der Waals surface area contributed by atoms with E-state index in [1.54, 1.807) is 5.51 Å². The van der Waals surface area contributed by atoms with Crippen molar-refractivity contribution in [3.63, 3.8) is 0 Å². The fourth-order valence-electron chi connectivity index (χ4n) is 1.41. The molecule has 15 heavy (non-hydrogen) atoms. The number of hydrogen-bond acceptors (Lipinski definition) is 4. The molecule has 0 aliphatic rings. The molecular weight excluding hydrogens is 214 g/mol. The van der Waals surface area contributed by atoms with E-state index in [4.69, 9.17) is 5.11 Å². The van der Waals surface area contributed by atoms with Gasteiger partial charge in [0.1, 0.15) is 5.51 Å². The summed E-state index contributed by atoms with van der Waals surface area (Å²) in [6.07, 6.45) is 0. The van der Waals surface area contributed by atoms with Gasteiger partial charge in [-0.25, -0.2) is 9.78 Å². The van der Waals surface area contributed by atoms with Crippen LogP contribution in [0.5, 0.6) is 0 Å². The molecule has 6 heteroatoms. The summed E-state index contributed by atoms with van der Waals surface area (Å²) in [5.41, 5.74) is 2.04. The van der Waals surface area contributed by atoms with Crippen molar-refractivity contribution in [3.8, 4) is 0 Å². The second-order valence-electron chi connectivity index (χ2n) is 4.30. The molecule has 0 aliphatic carbocycles. The van der Waals surface area contributed by atoms with Gasteiger partial charge in [-0.05, 0) is 0 Å². The van der Waals surface area contributed by atoms with Crippen LogP contribution in [0.15, 0.2) is 5.51 Å². The van der Waals surface area contributed by atoms with Crippen LogP contribution >= 0.6 is 11.3 Å². The van der Waals surface area contributed by atoms with Gasteiger partial charge in [0.05, 0.1) is 5.69 Å². The van der Waals surface area contributed by atoms with Crippen molar-refractivity contribution in [1.82, 2.24) is 14.6 Å². The summed E-state index contributed by atoms with van der Waals surface area (Å²) < 4.78 is 1.38. The second-order valence-corrected chi connectivity index (χ2v) is 5.11. The Morgan fingerprint density at radius 2 is 2.20 bits per heavy atom. The number of hydrogen-bond donors (Lipinski definition) is 1. The maximum Gasteiger partial charge on any atom is 0.356 e. The highest BCUT2D eigenvalue weighted by Gasteiger charge is 2.28. The van der Waals surface area contributed by atoms with E-state index < -0.39 is 5.97 Å². The molecule has 80 valence electrons. The van der Waals surface area contributed by atoms with Crippen LogP contribution in [-0.2, 0) is 5.41 Å². The van der Waals surface area contributed by atoms with E-state index in [0.717, 1.165) is 0 Å². The predicted octanol–water partition coefficient (Wildman–Crippen LogP) is 1.79. The molecule has 0 spiro atoms. The monoisotopic (exact) mass is 225 g/mol. The average Bonchev–Trinajstić information content (AvgIpc) is 2.56.